The molecule has 7 nitrogen and oxygen atoms in total. The van der Waals surface area contributed by atoms with E-state index >= 15 is 0 Å². The molecule has 2 aromatic carbocycles. The van der Waals surface area contributed by atoms with Crippen LogP contribution >= 0.6 is 11.8 Å². The van der Waals surface area contributed by atoms with Crippen molar-refractivity contribution in [3.05, 3.63) is 78.6 Å². The minimum atomic E-state index is -0.0885. The molecule has 1 fully saturated rings. The highest BCUT2D eigenvalue weighted by Gasteiger charge is 2.19. The monoisotopic (exact) mass is 459 g/mol. The molecule has 1 aliphatic rings. The van der Waals surface area contributed by atoms with Gasteiger partial charge in [-0.3, -0.25) is 14.3 Å². The Hall–Kier alpha value is -3.36. The van der Waals surface area contributed by atoms with E-state index in [0.29, 0.717) is 16.7 Å². The van der Waals surface area contributed by atoms with Gasteiger partial charge in [0.2, 0.25) is 11.7 Å². The summed E-state index contributed by atoms with van der Waals surface area (Å²) in [5.74, 6) is 1.35. The molecule has 1 amide bonds. The number of hydrogen-bond donors (Lipinski definition) is 1. The summed E-state index contributed by atoms with van der Waals surface area (Å²) in [4.78, 5) is 15.1. The number of amides is 1. The number of carbonyl (C=O) groups is 1. The Balaban J connectivity index is 1.24. The van der Waals surface area contributed by atoms with Gasteiger partial charge >= 0.3 is 0 Å². The molecule has 5 rings (SSSR count). The molecule has 1 N–H and O–H groups in total. The number of nitrogens with one attached hydrogen (secondary N) is 1. The molecule has 0 radical (unpaired) electrons. The van der Waals surface area contributed by atoms with Gasteiger partial charge in [0.1, 0.15) is 0 Å². The normalized spacial score (nSPS) is 13.9. The summed E-state index contributed by atoms with van der Waals surface area (Å²) < 4.78 is 7.44. The van der Waals surface area contributed by atoms with Crippen LogP contribution in [0.5, 0.6) is 0 Å². The van der Waals surface area contributed by atoms with Crippen LogP contribution in [-0.2, 0) is 11.3 Å². The molecule has 3 heterocycles. The van der Waals surface area contributed by atoms with Crippen molar-refractivity contribution < 1.29 is 9.21 Å². The maximum atomic E-state index is 12.6. The molecule has 0 saturated carbocycles. The van der Waals surface area contributed by atoms with Gasteiger partial charge in [-0.1, -0.05) is 42.1 Å². The third-order valence-corrected chi connectivity index (χ3v) is 6.49. The van der Waals surface area contributed by atoms with Crippen molar-refractivity contribution >= 4 is 23.4 Å². The number of para-hydroxylation sites is 1. The highest BCUT2D eigenvalue weighted by molar-refractivity contribution is 7.99. The fourth-order valence-corrected chi connectivity index (χ4v) is 4.71. The third kappa shape index (κ3) is 5.18. The molecule has 0 unspecified atom stereocenters. The van der Waals surface area contributed by atoms with Gasteiger partial charge < -0.3 is 9.73 Å². The Morgan fingerprint density at radius 3 is 2.48 bits per heavy atom. The molecule has 168 valence electrons. The number of benzene rings is 2. The number of thioether (sulfide) groups is 1. The van der Waals surface area contributed by atoms with Gasteiger partial charge in [-0.15, -0.1) is 10.2 Å². The van der Waals surface area contributed by atoms with E-state index in [1.807, 2.05) is 59.2 Å². The van der Waals surface area contributed by atoms with Crippen LogP contribution in [-0.4, -0.2) is 44.4 Å². The second-order valence-corrected chi connectivity index (χ2v) is 8.91. The minimum absolute atomic E-state index is 0.0885. The number of hydrogen-bond acceptors (Lipinski definition) is 6. The third-order valence-electron chi connectivity index (χ3n) is 5.56. The van der Waals surface area contributed by atoms with Crippen molar-refractivity contribution in [2.24, 2.45) is 0 Å². The van der Waals surface area contributed by atoms with Crippen molar-refractivity contribution in [3.8, 4) is 17.3 Å². The van der Waals surface area contributed by atoms with Crippen LogP contribution < -0.4 is 5.32 Å². The van der Waals surface area contributed by atoms with E-state index < -0.39 is 0 Å². The second-order valence-electron chi connectivity index (χ2n) is 7.97. The van der Waals surface area contributed by atoms with Crippen molar-refractivity contribution in [1.82, 2.24) is 19.7 Å². The van der Waals surface area contributed by atoms with Gasteiger partial charge in [0.15, 0.2) is 10.9 Å². The van der Waals surface area contributed by atoms with Crippen molar-refractivity contribution in [2.45, 2.75) is 24.5 Å². The van der Waals surface area contributed by atoms with Crippen molar-refractivity contribution in [3.63, 3.8) is 0 Å². The van der Waals surface area contributed by atoms with Crippen molar-refractivity contribution in [1.29, 1.82) is 0 Å². The molecular weight excluding hydrogens is 434 g/mol. The molecule has 0 atom stereocenters. The average molecular weight is 460 g/mol. The number of nitrogens with zero attached hydrogens (tertiary/aromatic N) is 4. The largest absolute Gasteiger partial charge is 0.461 e. The van der Waals surface area contributed by atoms with Crippen LogP contribution in [0.15, 0.2) is 82.6 Å². The topological polar surface area (TPSA) is 76.2 Å². The lowest BCUT2D eigenvalue weighted by atomic mass is 10.2. The van der Waals surface area contributed by atoms with Crippen LogP contribution in [0.2, 0.25) is 0 Å². The average Bonchev–Trinajstić information content (AvgIpc) is 3.61. The van der Waals surface area contributed by atoms with Gasteiger partial charge in [0.05, 0.1) is 12.0 Å². The number of aromatic nitrogens is 3. The highest BCUT2D eigenvalue weighted by Crippen LogP contribution is 2.28. The first-order valence-electron chi connectivity index (χ1n) is 11.0. The summed E-state index contributed by atoms with van der Waals surface area (Å²) >= 11 is 1.34. The summed E-state index contributed by atoms with van der Waals surface area (Å²) in [6.45, 7) is 3.31. The van der Waals surface area contributed by atoms with Gasteiger partial charge in [-0.2, -0.15) is 0 Å². The van der Waals surface area contributed by atoms with Crippen LogP contribution in [0.3, 0.4) is 0 Å². The summed E-state index contributed by atoms with van der Waals surface area (Å²) in [5, 5.41) is 12.2. The predicted molar refractivity (Wildman–Crippen MR) is 129 cm³/mol. The van der Waals surface area contributed by atoms with E-state index in [2.05, 4.69) is 32.5 Å². The molecule has 1 aliphatic heterocycles. The lowest BCUT2D eigenvalue weighted by molar-refractivity contribution is -0.113. The maximum Gasteiger partial charge on any atom is 0.234 e. The first-order valence-corrected chi connectivity index (χ1v) is 12.0. The first kappa shape index (κ1) is 21.5. The summed E-state index contributed by atoms with van der Waals surface area (Å²) in [7, 11) is 0. The zero-order valence-corrected chi connectivity index (χ0v) is 19.0. The molecule has 8 heteroatoms. The van der Waals surface area contributed by atoms with Crippen molar-refractivity contribution in [2.75, 3.05) is 24.2 Å². The summed E-state index contributed by atoms with van der Waals surface area (Å²) in [5.41, 5.74) is 2.97. The molecular formula is C25H25N5O2S. The minimum Gasteiger partial charge on any atom is -0.461 e. The Bertz CT molecular complexity index is 1180. The number of anilines is 1. The van der Waals surface area contributed by atoms with Crippen LogP contribution in [0, 0.1) is 0 Å². The highest BCUT2D eigenvalue weighted by atomic mass is 32.2. The number of rotatable bonds is 8. The van der Waals surface area contributed by atoms with Gasteiger partial charge in [-0.05, 0) is 67.9 Å². The molecule has 1 saturated heterocycles. The first-order chi connectivity index (χ1) is 16.3. The van der Waals surface area contributed by atoms with E-state index in [-0.39, 0.29) is 11.7 Å². The standard InChI is InChI=1S/C25H25N5O2S/c31-23(26-20-12-10-19(11-13-20)17-29-14-4-5-15-29)18-33-25-28-27-24(22-9-6-16-32-22)30(25)21-7-2-1-3-8-21/h1-3,6-13,16H,4-5,14-15,17-18H2,(H,26,31). The predicted octanol–water partition coefficient (Wildman–Crippen LogP) is 4.85. The Morgan fingerprint density at radius 1 is 0.970 bits per heavy atom. The lowest BCUT2D eigenvalue weighted by Gasteiger charge is -2.14. The maximum absolute atomic E-state index is 12.6. The summed E-state index contributed by atoms with van der Waals surface area (Å²) in [6, 6.07) is 21.6. The molecule has 2 aromatic heterocycles. The number of likely N-dealkylation sites (tertiary alicyclic amines) is 1. The van der Waals surface area contributed by atoms with E-state index in [4.69, 9.17) is 4.42 Å². The van der Waals surface area contributed by atoms with Crippen LogP contribution in [0.25, 0.3) is 17.3 Å². The zero-order chi connectivity index (χ0) is 22.5. The van der Waals surface area contributed by atoms with E-state index in [0.717, 1.165) is 17.9 Å². The van der Waals surface area contributed by atoms with Crippen LogP contribution in [0.1, 0.15) is 18.4 Å². The number of furan rings is 1. The van der Waals surface area contributed by atoms with Crippen LogP contribution in [0.4, 0.5) is 5.69 Å². The van der Waals surface area contributed by atoms with E-state index in [1.54, 1.807) is 6.26 Å². The SMILES string of the molecule is O=C(CSc1nnc(-c2ccco2)n1-c1ccccc1)Nc1ccc(CN2CCCC2)cc1. The lowest BCUT2D eigenvalue weighted by Crippen LogP contribution is -2.18. The van der Waals surface area contributed by atoms with Gasteiger partial charge in [0, 0.05) is 17.9 Å². The second kappa shape index (κ2) is 10.1. The smallest absolute Gasteiger partial charge is 0.234 e. The molecule has 0 spiro atoms. The molecule has 0 aliphatic carbocycles. The molecule has 0 bridgehead atoms. The Morgan fingerprint density at radius 2 is 1.76 bits per heavy atom. The van der Waals surface area contributed by atoms with E-state index in [9.17, 15) is 4.79 Å². The Kier molecular flexibility index (Phi) is 6.55. The Labute approximate surface area is 196 Å². The summed E-state index contributed by atoms with van der Waals surface area (Å²) in [6.07, 6.45) is 4.18. The number of carbonyl (C=O) groups excluding carboxylic acids is 1. The van der Waals surface area contributed by atoms with Gasteiger partial charge in [-0.25, -0.2) is 0 Å². The molecule has 33 heavy (non-hydrogen) atoms. The molecule has 4 aromatic rings. The van der Waals surface area contributed by atoms with E-state index in [1.165, 1.54) is 43.3 Å². The fourth-order valence-electron chi connectivity index (χ4n) is 3.96. The zero-order valence-electron chi connectivity index (χ0n) is 18.2. The fraction of sp³-hybridized carbons (Fsp3) is 0.240. The van der Waals surface area contributed by atoms with Gasteiger partial charge in [0.25, 0.3) is 0 Å². The quantitative estimate of drug-likeness (QED) is 0.380.